The van der Waals surface area contributed by atoms with Crippen LogP contribution in [-0.2, 0) is 0 Å². The molecule has 3 nitrogen and oxygen atoms in total. The van der Waals surface area contributed by atoms with Crippen molar-refractivity contribution in [2.45, 2.75) is 0 Å². The lowest BCUT2D eigenvalue weighted by Crippen LogP contribution is -2.10. The van der Waals surface area contributed by atoms with Crippen LogP contribution in [0.1, 0.15) is 0 Å². The zero-order chi connectivity index (χ0) is 40.3. The Balaban J connectivity index is 1.05. The lowest BCUT2D eigenvalue weighted by molar-refractivity contribution is 0.669. The standard InChI is InChI=1S/C58H37NO2/c1-4-15-38(16-5-1)40-27-31-44(32-28-40)59(54-25-14-24-49-47-22-12-13-26-55(47)60-58(49)54)45-33-29-42(30-34-45)51-35-43(39-17-6-2-7-18-39)36-52-53-37-50(41-19-8-3-9-20-41)46-21-10-11-23-48(46)56(53)61-57(51)52/h1-37H. The first kappa shape index (κ1) is 34.9. The molecule has 12 rings (SSSR count). The Morgan fingerprint density at radius 3 is 1.44 bits per heavy atom. The van der Waals surface area contributed by atoms with Crippen LogP contribution in [0, 0.1) is 0 Å². The van der Waals surface area contributed by atoms with Crippen molar-refractivity contribution in [3.8, 4) is 44.5 Å². The van der Waals surface area contributed by atoms with Crippen molar-refractivity contribution < 1.29 is 8.83 Å². The highest BCUT2D eigenvalue weighted by molar-refractivity contribution is 6.21. The van der Waals surface area contributed by atoms with Crippen LogP contribution >= 0.6 is 0 Å². The topological polar surface area (TPSA) is 29.5 Å². The van der Waals surface area contributed by atoms with Gasteiger partial charge in [-0.2, -0.15) is 0 Å². The Kier molecular flexibility index (Phi) is 8.17. The van der Waals surface area contributed by atoms with E-state index < -0.39 is 0 Å². The quantitative estimate of drug-likeness (QED) is 0.161. The first-order valence-electron chi connectivity index (χ1n) is 20.7. The number of benzene rings is 10. The van der Waals surface area contributed by atoms with Gasteiger partial charge in [-0.1, -0.05) is 170 Å². The van der Waals surface area contributed by atoms with Crippen molar-refractivity contribution >= 4 is 71.7 Å². The van der Waals surface area contributed by atoms with Crippen LogP contribution in [0.4, 0.5) is 17.1 Å². The fourth-order valence-electron chi connectivity index (χ4n) is 9.13. The number of rotatable bonds is 7. The van der Waals surface area contributed by atoms with Crippen molar-refractivity contribution in [2.75, 3.05) is 4.90 Å². The second-order valence-electron chi connectivity index (χ2n) is 15.6. The van der Waals surface area contributed by atoms with Gasteiger partial charge >= 0.3 is 0 Å². The van der Waals surface area contributed by atoms with Crippen LogP contribution < -0.4 is 4.90 Å². The summed E-state index contributed by atoms with van der Waals surface area (Å²) in [6.07, 6.45) is 0. The number of para-hydroxylation sites is 2. The van der Waals surface area contributed by atoms with Gasteiger partial charge in [-0.05, 0) is 98.9 Å². The van der Waals surface area contributed by atoms with Crippen LogP contribution in [0.5, 0.6) is 0 Å². The Labute approximate surface area is 353 Å². The lowest BCUT2D eigenvalue weighted by atomic mass is 9.93. The molecule has 12 aromatic rings. The van der Waals surface area contributed by atoms with Gasteiger partial charge in [0.25, 0.3) is 0 Å². The summed E-state index contributed by atoms with van der Waals surface area (Å²) in [6, 6.07) is 79.7. The smallest absolute Gasteiger partial charge is 0.159 e. The Morgan fingerprint density at radius 1 is 0.262 bits per heavy atom. The largest absolute Gasteiger partial charge is 0.455 e. The molecule has 0 bridgehead atoms. The van der Waals surface area contributed by atoms with E-state index in [1.54, 1.807) is 0 Å². The Bertz CT molecular complexity index is 3550. The maximum atomic E-state index is 7.05. The summed E-state index contributed by atoms with van der Waals surface area (Å²) >= 11 is 0. The molecule has 61 heavy (non-hydrogen) atoms. The van der Waals surface area contributed by atoms with Gasteiger partial charge in [-0.15, -0.1) is 0 Å². The molecule has 0 spiro atoms. The van der Waals surface area contributed by atoms with Gasteiger partial charge in [0, 0.05) is 43.9 Å². The predicted octanol–water partition coefficient (Wildman–Crippen LogP) is 16.8. The molecule has 10 aromatic carbocycles. The molecule has 0 fully saturated rings. The summed E-state index contributed by atoms with van der Waals surface area (Å²) in [5, 5.41) is 6.66. The molecule has 0 atom stereocenters. The van der Waals surface area contributed by atoms with Crippen LogP contribution in [-0.4, -0.2) is 0 Å². The molecular weight excluding hydrogens is 743 g/mol. The van der Waals surface area contributed by atoms with E-state index in [1.807, 2.05) is 12.1 Å². The minimum Gasteiger partial charge on any atom is -0.455 e. The van der Waals surface area contributed by atoms with Crippen molar-refractivity contribution in [3.63, 3.8) is 0 Å². The molecule has 2 heterocycles. The molecule has 0 aliphatic heterocycles. The van der Waals surface area contributed by atoms with Gasteiger partial charge in [0.15, 0.2) is 5.58 Å². The fraction of sp³-hybridized carbons (Fsp3) is 0. The average molecular weight is 780 g/mol. The van der Waals surface area contributed by atoms with Crippen LogP contribution in [0.3, 0.4) is 0 Å². The summed E-state index contributed by atoms with van der Waals surface area (Å²) in [5.74, 6) is 0. The Hall–Kier alpha value is -8.14. The van der Waals surface area contributed by atoms with Gasteiger partial charge in [-0.25, -0.2) is 0 Å². The highest BCUT2D eigenvalue weighted by Gasteiger charge is 2.22. The predicted molar refractivity (Wildman–Crippen MR) is 255 cm³/mol. The highest BCUT2D eigenvalue weighted by Crippen LogP contribution is 2.46. The molecule has 0 N–H and O–H groups in total. The maximum Gasteiger partial charge on any atom is 0.159 e. The van der Waals surface area contributed by atoms with E-state index >= 15 is 0 Å². The molecule has 2 aromatic heterocycles. The normalized spacial score (nSPS) is 11.6. The number of hydrogen-bond acceptors (Lipinski definition) is 3. The Morgan fingerprint density at radius 2 is 0.754 bits per heavy atom. The average Bonchev–Trinajstić information content (AvgIpc) is 3.92. The molecule has 286 valence electrons. The van der Waals surface area contributed by atoms with Crippen molar-refractivity contribution in [3.05, 3.63) is 224 Å². The van der Waals surface area contributed by atoms with Crippen LogP contribution in [0.2, 0.25) is 0 Å². The first-order valence-corrected chi connectivity index (χ1v) is 20.7. The summed E-state index contributed by atoms with van der Waals surface area (Å²) in [7, 11) is 0. The third-order valence-corrected chi connectivity index (χ3v) is 12.1. The van der Waals surface area contributed by atoms with Crippen LogP contribution in [0.15, 0.2) is 233 Å². The number of furan rings is 2. The molecule has 0 radical (unpaired) electrons. The van der Waals surface area contributed by atoms with E-state index in [-0.39, 0.29) is 0 Å². The molecule has 0 saturated heterocycles. The first-order chi connectivity index (χ1) is 30.2. The summed E-state index contributed by atoms with van der Waals surface area (Å²) in [4.78, 5) is 2.30. The molecule has 3 heteroatoms. The van der Waals surface area contributed by atoms with E-state index in [2.05, 4.69) is 217 Å². The van der Waals surface area contributed by atoms with E-state index in [1.165, 1.54) is 27.6 Å². The second kappa shape index (κ2) is 14.3. The number of hydrogen-bond donors (Lipinski definition) is 0. The number of nitrogens with zero attached hydrogens (tertiary/aromatic N) is 1. The van der Waals surface area contributed by atoms with Crippen molar-refractivity contribution in [1.29, 1.82) is 0 Å². The summed E-state index contributed by atoms with van der Waals surface area (Å²) in [6.45, 7) is 0. The van der Waals surface area contributed by atoms with Gasteiger partial charge < -0.3 is 13.7 Å². The van der Waals surface area contributed by atoms with Crippen LogP contribution in [0.25, 0.3) is 99.2 Å². The molecule has 0 aliphatic rings. The maximum absolute atomic E-state index is 7.05. The van der Waals surface area contributed by atoms with Gasteiger partial charge in [-0.3, -0.25) is 0 Å². The van der Waals surface area contributed by atoms with Crippen molar-refractivity contribution in [1.82, 2.24) is 0 Å². The lowest BCUT2D eigenvalue weighted by Gasteiger charge is -2.26. The SMILES string of the molecule is c1ccc(-c2ccc(N(c3ccc(-c4cc(-c5ccccc5)cc5c4oc4c6ccccc6c(-c6ccccc6)cc54)cc3)c3cccc4c3oc3ccccc34)cc2)cc1. The molecular formula is C58H37NO2. The number of anilines is 3. The molecule has 0 aliphatic carbocycles. The van der Waals surface area contributed by atoms with Crippen molar-refractivity contribution in [2.24, 2.45) is 0 Å². The minimum absolute atomic E-state index is 0.849. The van der Waals surface area contributed by atoms with Gasteiger partial charge in [0.2, 0.25) is 0 Å². The second-order valence-corrected chi connectivity index (χ2v) is 15.6. The summed E-state index contributed by atoms with van der Waals surface area (Å²) in [5.41, 5.74) is 15.7. The fourth-order valence-corrected chi connectivity index (χ4v) is 9.13. The van der Waals surface area contributed by atoms with E-state index in [9.17, 15) is 0 Å². The zero-order valence-electron chi connectivity index (χ0n) is 33.1. The van der Waals surface area contributed by atoms with Gasteiger partial charge in [0.05, 0.1) is 5.69 Å². The third-order valence-electron chi connectivity index (χ3n) is 12.1. The highest BCUT2D eigenvalue weighted by atomic mass is 16.3. The van der Waals surface area contributed by atoms with E-state index in [0.717, 1.165) is 88.6 Å². The number of fused-ring (bicyclic) bond motifs is 8. The van der Waals surface area contributed by atoms with Gasteiger partial charge in [0.1, 0.15) is 16.7 Å². The zero-order valence-corrected chi connectivity index (χ0v) is 33.1. The molecule has 0 unspecified atom stereocenters. The monoisotopic (exact) mass is 779 g/mol. The summed E-state index contributed by atoms with van der Waals surface area (Å²) < 4.78 is 13.7. The molecule has 0 saturated carbocycles. The molecule has 0 amide bonds. The minimum atomic E-state index is 0.849. The third kappa shape index (κ3) is 5.90. The van der Waals surface area contributed by atoms with E-state index in [0.29, 0.717) is 0 Å². The van der Waals surface area contributed by atoms with E-state index in [4.69, 9.17) is 8.83 Å².